The van der Waals surface area contributed by atoms with Gasteiger partial charge >= 0.3 is 5.97 Å². The van der Waals surface area contributed by atoms with Crippen molar-refractivity contribution in [1.29, 1.82) is 0 Å². The Morgan fingerprint density at radius 3 is 2.48 bits per heavy atom. The minimum absolute atomic E-state index is 0.179. The fourth-order valence-corrected chi connectivity index (χ4v) is 1.99. The third-order valence-corrected chi connectivity index (χ3v) is 3.18. The Morgan fingerprint density at radius 1 is 1.17 bits per heavy atom. The number of benzene rings is 2. The van der Waals surface area contributed by atoms with Crippen molar-refractivity contribution in [2.45, 2.75) is 12.5 Å². The Kier molecular flexibility index (Phi) is 6.32. The zero-order chi connectivity index (χ0) is 16.5. The number of hydrogen-bond acceptors (Lipinski definition) is 4. The molecule has 5 heteroatoms. The summed E-state index contributed by atoms with van der Waals surface area (Å²) in [4.78, 5) is 15.6. The number of carboxylic acid groups (broad SMARTS) is 1. The Bertz CT molecular complexity index is 638. The average molecular weight is 313 g/mol. The van der Waals surface area contributed by atoms with E-state index in [0.29, 0.717) is 12.2 Å². The molecule has 0 aliphatic heterocycles. The minimum atomic E-state index is -0.947. The molecule has 5 nitrogen and oxygen atoms in total. The molecular weight excluding hydrogens is 294 g/mol. The first-order chi connectivity index (χ1) is 11.2. The number of methoxy groups -OCH3 is 1. The van der Waals surface area contributed by atoms with Crippen LogP contribution in [0, 0.1) is 0 Å². The third-order valence-electron chi connectivity index (χ3n) is 3.18. The fraction of sp³-hybridized carbons (Fsp3) is 0.222. The van der Waals surface area contributed by atoms with Gasteiger partial charge < -0.3 is 14.6 Å². The topological polar surface area (TPSA) is 68.1 Å². The smallest absolute Gasteiger partial charge is 0.328 e. The van der Waals surface area contributed by atoms with Gasteiger partial charge in [0.1, 0.15) is 5.75 Å². The Morgan fingerprint density at radius 2 is 1.87 bits per heavy atom. The monoisotopic (exact) mass is 313 g/mol. The first-order valence-electron chi connectivity index (χ1n) is 7.21. The first-order valence-corrected chi connectivity index (χ1v) is 7.21. The molecule has 0 amide bonds. The molecule has 2 aromatic rings. The number of rotatable bonds is 8. The summed E-state index contributed by atoms with van der Waals surface area (Å²) in [5.74, 6) is -0.271. The second-order valence-corrected chi connectivity index (χ2v) is 4.94. The van der Waals surface area contributed by atoms with E-state index >= 15 is 0 Å². The Balaban J connectivity index is 2.02. The van der Waals surface area contributed by atoms with E-state index in [0.717, 1.165) is 11.1 Å². The van der Waals surface area contributed by atoms with Crippen LogP contribution in [0.1, 0.15) is 11.1 Å². The predicted octanol–water partition coefficient (Wildman–Crippen LogP) is 2.78. The van der Waals surface area contributed by atoms with E-state index in [2.05, 4.69) is 4.99 Å². The van der Waals surface area contributed by atoms with Crippen molar-refractivity contribution in [1.82, 2.24) is 0 Å². The van der Waals surface area contributed by atoms with Gasteiger partial charge in [-0.15, -0.1) is 0 Å². The molecule has 0 aliphatic carbocycles. The van der Waals surface area contributed by atoms with E-state index in [-0.39, 0.29) is 6.79 Å². The highest BCUT2D eigenvalue weighted by Gasteiger charge is 2.16. The van der Waals surface area contributed by atoms with E-state index in [4.69, 9.17) is 9.47 Å². The molecule has 0 spiro atoms. The molecule has 23 heavy (non-hydrogen) atoms. The van der Waals surface area contributed by atoms with E-state index in [1.165, 1.54) is 0 Å². The molecule has 0 saturated carbocycles. The van der Waals surface area contributed by atoms with Gasteiger partial charge in [0.05, 0.1) is 0 Å². The van der Waals surface area contributed by atoms with E-state index in [1.807, 2.05) is 42.5 Å². The van der Waals surface area contributed by atoms with Crippen LogP contribution in [0.15, 0.2) is 59.6 Å². The van der Waals surface area contributed by atoms with Gasteiger partial charge in [-0.1, -0.05) is 42.5 Å². The number of hydrogen-bond donors (Lipinski definition) is 1. The standard InChI is InChI=1S/C18H19NO4/c1-22-13-23-16-9-7-14(8-10-16)11-17(18(20)21)19-12-15-5-3-2-4-6-15/h2-10,12,17H,11,13H2,1H3,(H,20,21)/b19-12+/t17-/m0/s1. The van der Waals surface area contributed by atoms with Crippen molar-refractivity contribution >= 4 is 12.2 Å². The zero-order valence-corrected chi connectivity index (χ0v) is 12.9. The number of nitrogens with zero attached hydrogens (tertiary/aromatic N) is 1. The average Bonchev–Trinajstić information content (AvgIpc) is 2.58. The largest absolute Gasteiger partial charge is 0.480 e. The zero-order valence-electron chi connectivity index (χ0n) is 12.9. The number of aliphatic carboxylic acids is 1. The molecule has 0 saturated heterocycles. The highest BCUT2D eigenvalue weighted by molar-refractivity contribution is 5.83. The summed E-state index contributed by atoms with van der Waals surface area (Å²) in [5, 5.41) is 9.33. The second kappa shape index (κ2) is 8.70. The summed E-state index contributed by atoms with van der Waals surface area (Å²) in [6, 6.07) is 15.8. The second-order valence-electron chi connectivity index (χ2n) is 4.94. The lowest BCUT2D eigenvalue weighted by atomic mass is 10.1. The third kappa shape index (κ3) is 5.56. The maximum absolute atomic E-state index is 11.4. The van der Waals surface area contributed by atoms with Crippen molar-refractivity contribution in [3.63, 3.8) is 0 Å². The Labute approximate surface area is 135 Å². The molecule has 0 unspecified atom stereocenters. The summed E-state index contributed by atoms with van der Waals surface area (Å²) >= 11 is 0. The van der Waals surface area contributed by atoms with Gasteiger partial charge in [-0.05, 0) is 23.3 Å². The lowest BCUT2D eigenvalue weighted by Gasteiger charge is -2.09. The van der Waals surface area contributed by atoms with Crippen LogP contribution in [0.2, 0.25) is 0 Å². The van der Waals surface area contributed by atoms with Crippen LogP contribution in [0.25, 0.3) is 0 Å². The minimum Gasteiger partial charge on any atom is -0.480 e. The van der Waals surface area contributed by atoms with Gasteiger partial charge in [-0.2, -0.15) is 0 Å². The van der Waals surface area contributed by atoms with Gasteiger partial charge in [0.15, 0.2) is 12.8 Å². The fourth-order valence-electron chi connectivity index (χ4n) is 1.99. The SMILES string of the molecule is COCOc1ccc(C[C@H](/N=C/c2ccccc2)C(=O)O)cc1. The molecule has 2 rings (SSSR count). The number of ether oxygens (including phenoxy) is 2. The number of carboxylic acids is 1. The molecule has 0 radical (unpaired) electrons. The van der Waals surface area contributed by atoms with Crippen molar-refractivity contribution in [3.05, 3.63) is 65.7 Å². The van der Waals surface area contributed by atoms with E-state index in [9.17, 15) is 9.90 Å². The molecule has 1 atom stereocenters. The van der Waals surface area contributed by atoms with Crippen molar-refractivity contribution in [2.24, 2.45) is 4.99 Å². The van der Waals surface area contributed by atoms with Crippen LogP contribution >= 0.6 is 0 Å². The van der Waals surface area contributed by atoms with Crippen LogP contribution in [0.5, 0.6) is 5.75 Å². The quantitative estimate of drug-likeness (QED) is 0.601. The number of carbonyl (C=O) groups is 1. The molecule has 2 aromatic carbocycles. The highest BCUT2D eigenvalue weighted by atomic mass is 16.7. The molecule has 0 fully saturated rings. The molecule has 0 aliphatic rings. The maximum Gasteiger partial charge on any atom is 0.328 e. The molecule has 120 valence electrons. The van der Waals surface area contributed by atoms with Crippen LogP contribution in [-0.4, -0.2) is 37.2 Å². The summed E-state index contributed by atoms with van der Waals surface area (Å²) in [6.07, 6.45) is 1.91. The first kappa shape index (κ1) is 16.7. The molecule has 0 bridgehead atoms. The molecule has 0 heterocycles. The Hall–Kier alpha value is -2.66. The molecular formula is C18H19NO4. The lowest BCUT2D eigenvalue weighted by Crippen LogP contribution is -2.20. The van der Waals surface area contributed by atoms with Crippen LogP contribution < -0.4 is 4.74 Å². The predicted molar refractivity (Wildman–Crippen MR) is 88.1 cm³/mol. The maximum atomic E-state index is 11.4. The van der Waals surface area contributed by atoms with E-state index < -0.39 is 12.0 Å². The highest BCUT2D eigenvalue weighted by Crippen LogP contribution is 2.14. The molecule has 0 aromatic heterocycles. The summed E-state index contributed by atoms with van der Waals surface area (Å²) in [6.45, 7) is 0.179. The van der Waals surface area contributed by atoms with Crippen molar-refractivity contribution in [2.75, 3.05) is 13.9 Å². The van der Waals surface area contributed by atoms with Gasteiger partial charge in [-0.3, -0.25) is 4.99 Å². The van der Waals surface area contributed by atoms with E-state index in [1.54, 1.807) is 25.5 Å². The van der Waals surface area contributed by atoms with Gasteiger partial charge in [-0.25, -0.2) is 4.79 Å². The summed E-state index contributed by atoms with van der Waals surface area (Å²) < 4.78 is 10.1. The summed E-state index contributed by atoms with van der Waals surface area (Å²) in [7, 11) is 1.55. The van der Waals surface area contributed by atoms with Gasteiger partial charge in [0, 0.05) is 19.7 Å². The van der Waals surface area contributed by atoms with Crippen LogP contribution in [-0.2, 0) is 16.0 Å². The normalized spacial score (nSPS) is 12.2. The number of aliphatic imine (C=N–C) groups is 1. The van der Waals surface area contributed by atoms with Gasteiger partial charge in [0.25, 0.3) is 0 Å². The van der Waals surface area contributed by atoms with Gasteiger partial charge in [0.2, 0.25) is 0 Å². The summed E-state index contributed by atoms with van der Waals surface area (Å²) in [5.41, 5.74) is 1.76. The van der Waals surface area contributed by atoms with Crippen molar-refractivity contribution < 1.29 is 19.4 Å². The van der Waals surface area contributed by atoms with Crippen LogP contribution in [0.4, 0.5) is 0 Å². The van der Waals surface area contributed by atoms with Crippen molar-refractivity contribution in [3.8, 4) is 5.75 Å². The molecule has 1 N–H and O–H groups in total. The lowest BCUT2D eigenvalue weighted by molar-refractivity contribution is -0.138. The van der Waals surface area contributed by atoms with Crippen LogP contribution in [0.3, 0.4) is 0 Å².